The summed E-state index contributed by atoms with van der Waals surface area (Å²) in [6.07, 6.45) is 0. The Morgan fingerprint density at radius 1 is 0.962 bits per heavy atom. The molecule has 0 unspecified atom stereocenters. The number of nitrogens with one attached hydrogen (secondary N) is 3. The van der Waals surface area contributed by atoms with Crippen LogP contribution in [-0.2, 0) is 4.79 Å². The van der Waals surface area contributed by atoms with Crippen LogP contribution in [0, 0.1) is 5.92 Å². The normalized spacial score (nSPS) is 10.3. The lowest BCUT2D eigenvalue weighted by molar-refractivity contribution is -0.122. The fourth-order valence-corrected chi connectivity index (χ4v) is 2.64. The largest absolute Gasteiger partial charge is 0.332 e. The molecule has 0 atom stereocenters. The zero-order valence-electron chi connectivity index (χ0n) is 14.1. The van der Waals surface area contributed by atoms with Crippen LogP contribution in [-0.4, -0.2) is 16.9 Å². The van der Waals surface area contributed by atoms with Gasteiger partial charge in [0.2, 0.25) is 5.91 Å². The molecule has 3 N–H and O–H groups in total. The predicted octanol–water partition coefficient (Wildman–Crippen LogP) is 4.71. The first-order valence-electron chi connectivity index (χ1n) is 7.74. The Kier molecular flexibility index (Phi) is 6.97. The van der Waals surface area contributed by atoms with Crippen molar-refractivity contribution in [3.8, 4) is 0 Å². The van der Waals surface area contributed by atoms with Gasteiger partial charge in [0.25, 0.3) is 5.91 Å². The first-order chi connectivity index (χ1) is 12.3. The molecule has 2 amide bonds. The molecular weight excluding hydrogens is 393 g/mol. The Balaban J connectivity index is 1.97. The number of amides is 2. The minimum atomic E-state index is -0.341. The Morgan fingerprint density at radius 3 is 2.08 bits per heavy atom. The van der Waals surface area contributed by atoms with Gasteiger partial charge < -0.3 is 16.0 Å². The third-order valence-electron chi connectivity index (χ3n) is 3.34. The Bertz CT molecular complexity index is 839. The third-order valence-corrected chi connectivity index (χ3v) is 4.09. The van der Waals surface area contributed by atoms with E-state index in [4.69, 9.17) is 35.4 Å². The zero-order valence-corrected chi connectivity index (χ0v) is 16.4. The van der Waals surface area contributed by atoms with Gasteiger partial charge in [0.1, 0.15) is 0 Å². The summed E-state index contributed by atoms with van der Waals surface area (Å²) in [5.74, 6) is -0.662. The van der Waals surface area contributed by atoms with E-state index in [9.17, 15) is 9.59 Å². The summed E-state index contributed by atoms with van der Waals surface area (Å²) in [7, 11) is 0. The van der Waals surface area contributed by atoms with E-state index < -0.39 is 0 Å². The van der Waals surface area contributed by atoms with Crippen LogP contribution in [0.3, 0.4) is 0 Å². The summed E-state index contributed by atoms with van der Waals surface area (Å²) in [5, 5.41) is 9.20. The van der Waals surface area contributed by atoms with Gasteiger partial charge in [-0.05, 0) is 54.7 Å². The molecule has 2 rings (SSSR count). The third kappa shape index (κ3) is 5.69. The zero-order chi connectivity index (χ0) is 19.3. The second-order valence-electron chi connectivity index (χ2n) is 5.75. The lowest BCUT2D eigenvalue weighted by Crippen LogP contribution is -2.36. The molecule has 8 heteroatoms. The smallest absolute Gasteiger partial charge is 0.257 e. The van der Waals surface area contributed by atoms with Gasteiger partial charge in [0, 0.05) is 22.3 Å². The van der Waals surface area contributed by atoms with E-state index >= 15 is 0 Å². The number of anilines is 2. The highest BCUT2D eigenvalue weighted by Crippen LogP contribution is 2.22. The summed E-state index contributed by atoms with van der Waals surface area (Å²) >= 11 is 16.9. The number of thiocarbonyl (C=S) groups is 1. The molecule has 0 aliphatic rings. The van der Waals surface area contributed by atoms with Crippen LogP contribution >= 0.6 is 35.4 Å². The van der Waals surface area contributed by atoms with E-state index in [0.717, 1.165) is 0 Å². The molecule has 0 aromatic heterocycles. The van der Waals surface area contributed by atoms with E-state index in [0.29, 0.717) is 22.0 Å². The van der Waals surface area contributed by atoms with Crippen molar-refractivity contribution in [3.05, 3.63) is 58.1 Å². The van der Waals surface area contributed by atoms with Crippen molar-refractivity contribution in [1.82, 2.24) is 5.32 Å². The fraction of sp³-hybridized carbons (Fsp3) is 0.167. The van der Waals surface area contributed by atoms with Crippen molar-refractivity contribution in [2.45, 2.75) is 13.8 Å². The van der Waals surface area contributed by atoms with Crippen molar-refractivity contribution < 1.29 is 9.59 Å². The molecule has 26 heavy (non-hydrogen) atoms. The maximum absolute atomic E-state index is 12.3. The molecule has 0 fully saturated rings. The number of halogens is 2. The quantitative estimate of drug-likeness (QED) is 0.639. The highest BCUT2D eigenvalue weighted by atomic mass is 35.5. The van der Waals surface area contributed by atoms with Crippen molar-refractivity contribution in [1.29, 1.82) is 0 Å². The molecule has 2 aromatic rings. The van der Waals surface area contributed by atoms with Gasteiger partial charge in [-0.2, -0.15) is 0 Å². The maximum atomic E-state index is 12.3. The van der Waals surface area contributed by atoms with Gasteiger partial charge in [-0.25, -0.2) is 0 Å². The number of benzene rings is 2. The lowest BCUT2D eigenvalue weighted by Gasteiger charge is -2.12. The summed E-state index contributed by atoms with van der Waals surface area (Å²) < 4.78 is 0. The molecule has 0 aliphatic heterocycles. The molecule has 0 heterocycles. The molecule has 0 spiro atoms. The Morgan fingerprint density at radius 2 is 1.54 bits per heavy atom. The number of hydrogen-bond acceptors (Lipinski definition) is 3. The number of carbonyl (C=O) groups excluding carboxylic acids is 2. The minimum absolute atomic E-state index is 0.160. The molecule has 136 valence electrons. The molecule has 0 aliphatic carbocycles. The van der Waals surface area contributed by atoms with E-state index in [-0.39, 0.29) is 27.9 Å². The van der Waals surface area contributed by atoms with E-state index in [2.05, 4.69) is 16.0 Å². The van der Waals surface area contributed by atoms with Crippen molar-refractivity contribution in [3.63, 3.8) is 0 Å². The van der Waals surface area contributed by atoms with Crippen LogP contribution in [0.25, 0.3) is 0 Å². The Hall–Kier alpha value is -2.15. The predicted molar refractivity (Wildman–Crippen MR) is 110 cm³/mol. The van der Waals surface area contributed by atoms with Gasteiger partial charge in [-0.3, -0.25) is 9.59 Å². The van der Waals surface area contributed by atoms with Crippen LogP contribution in [0.1, 0.15) is 24.2 Å². The van der Waals surface area contributed by atoms with Crippen molar-refractivity contribution >= 4 is 63.7 Å². The molecule has 0 saturated carbocycles. The van der Waals surface area contributed by atoms with Crippen LogP contribution in [0.5, 0.6) is 0 Å². The van der Waals surface area contributed by atoms with Crippen LogP contribution in [0.2, 0.25) is 10.0 Å². The van der Waals surface area contributed by atoms with Crippen LogP contribution in [0.4, 0.5) is 11.4 Å². The van der Waals surface area contributed by atoms with Gasteiger partial charge in [-0.1, -0.05) is 37.0 Å². The van der Waals surface area contributed by atoms with Gasteiger partial charge >= 0.3 is 0 Å². The number of carbonyl (C=O) groups is 2. The topological polar surface area (TPSA) is 70.2 Å². The summed E-state index contributed by atoms with van der Waals surface area (Å²) in [6.45, 7) is 3.56. The van der Waals surface area contributed by atoms with E-state index in [1.54, 1.807) is 50.2 Å². The van der Waals surface area contributed by atoms with Crippen LogP contribution in [0.15, 0.2) is 42.5 Å². The fourth-order valence-electron chi connectivity index (χ4n) is 1.93. The number of rotatable bonds is 4. The second kappa shape index (κ2) is 8.98. The van der Waals surface area contributed by atoms with E-state index in [1.807, 2.05) is 0 Å². The van der Waals surface area contributed by atoms with Crippen molar-refractivity contribution in [2.24, 2.45) is 5.92 Å². The SMILES string of the molecule is CC(C)C(=O)NC(=S)Nc1ccc(NC(=O)c2ccc(Cl)cc2Cl)cc1. The van der Waals surface area contributed by atoms with Crippen molar-refractivity contribution in [2.75, 3.05) is 10.6 Å². The molecular formula is C18H17Cl2N3O2S. The summed E-state index contributed by atoms with van der Waals surface area (Å²) in [5.41, 5.74) is 1.60. The van der Waals surface area contributed by atoms with Crippen LogP contribution < -0.4 is 16.0 Å². The highest BCUT2D eigenvalue weighted by Gasteiger charge is 2.11. The summed E-state index contributed by atoms with van der Waals surface area (Å²) in [4.78, 5) is 23.9. The molecule has 0 saturated heterocycles. The maximum Gasteiger partial charge on any atom is 0.257 e. The monoisotopic (exact) mass is 409 g/mol. The van der Waals surface area contributed by atoms with Gasteiger partial charge in [0.05, 0.1) is 10.6 Å². The van der Waals surface area contributed by atoms with Gasteiger partial charge in [0.15, 0.2) is 5.11 Å². The Labute approximate surface area is 167 Å². The van der Waals surface area contributed by atoms with E-state index in [1.165, 1.54) is 6.07 Å². The molecule has 0 bridgehead atoms. The lowest BCUT2D eigenvalue weighted by atomic mass is 10.2. The molecule has 2 aromatic carbocycles. The van der Waals surface area contributed by atoms with Gasteiger partial charge in [-0.15, -0.1) is 0 Å². The minimum Gasteiger partial charge on any atom is -0.332 e. The molecule has 0 radical (unpaired) electrons. The summed E-state index contributed by atoms with van der Waals surface area (Å²) in [6, 6.07) is 11.5. The molecule has 5 nitrogen and oxygen atoms in total. The highest BCUT2D eigenvalue weighted by molar-refractivity contribution is 7.80. The average molecular weight is 410 g/mol. The second-order valence-corrected chi connectivity index (χ2v) is 7.01. The first-order valence-corrected chi connectivity index (χ1v) is 8.91. The first kappa shape index (κ1) is 20.2. The number of hydrogen-bond donors (Lipinski definition) is 3. The average Bonchev–Trinajstić information content (AvgIpc) is 2.56. The standard InChI is InChI=1S/C18H17Cl2N3O2S/c1-10(2)16(24)23-18(26)22-13-6-4-12(5-7-13)21-17(25)14-8-3-11(19)9-15(14)20/h3-10H,1-2H3,(H,21,25)(H2,22,23,24,26).